The van der Waals surface area contributed by atoms with Gasteiger partial charge >= 0.3 is 0 Å². The van der Waals surface area contributed by atoms with Crippen LogP contribution < -0.4 is 5.32 Å². The van der Waals surface area contributed by atoms with Gasteiger partial charge in [-0.1, -0.05) is 24.6 Å². The van der Waals surface area contributed by atoms with E-state index in [1.54, 1.807) is 0 Å². The highest BCUT2D eigenvalue weighted by Gasteiger charge is 2.16. The molecule has 3 heteroatoms. The second kappa shape index (κ2) is 6.31. The minimum absolute atomic E-state index is 0.191. The lowest BCUT2D eigenvalue weighted by molar-refractivity contribution is 0.631. The van der Waals surface area contributed by atoms with Gasteiger partial charge < -0.3 is 5.32 Å². The van der Waals surface area contributed by atoms with Gasteiger partial charge in [-0.05, 0) is 44.5 Å². The van der Waals surface area contributed by atoms with Crippen LogP contribution in [0.3, 0.4) is 0 Å². The lowest BCUT2D eigenvalue weighted by Gasteiger charge is -2.21. The van der Waals surface area contributed by atoms with E-state index in [4.69, 9.17) is 0 Å². The average Bonchev–Trinajstić information content (AvgIpc) is 2.25. The Labute approximate surface area is 107 Å². The molecule has 0 saturated heterocycles. The molecular weight excluding hydrogens is 230 g/mol. The third-order valence-corrected chi connectivity index (χ3v) is 4.46. The summed E-state index contributed by atoms with van der Waals surface area (Å²) < 4.78 is 11.7. The van der Waals surface area contributed by atoms with Crippen LogP contribution in [0.1, 0.15) is 35.2 Å². The van der Waals surface area contributed by atoms with E-state index < -0.39 is 10.8 Å². The van der Waals surface area contributed by atoms with Gasteiger partial charge in [0.25, 0.3) is 0 Å². The van der Waals surface area contributed by atoms with Crippen molar-refractivity contribution < 1.29 is 4.21 Å². The number of rotatable bonds is 5. The highest BCUT2D eigenvalue weighted by molar-refractivity contribution is 7.84. The Morgan fingerprint density at radius 2 is 1.76 bits per heavy atom. The molecule has 1 rings (SSSR count). The maximum absolute atomic E-state index is 11.7. The van der Waals surface area contributed by atoms with Gasteiger partial charge in [0.1, 0.15) is 0 Å². The zero-order valence-corrected chi connectivity index (χ0v) is 12.3. The molecule has 0 amide bonds. The van der Waals surface area contributed by atoms with Crippen LogP contribution in [0, 0.1) is 20.8 Å². The minimum Gasteiger partial charge on any atom is -0.312 e. The van der Waals surface area contributed by atoms with Crippen molar-refractivity contribution in [3.63, 3.8) is 0 Å². The van der Waals surface area contributed by atoms with Gasteiger partial charge in [0, 0.05) is 28.3 Å². The summed E-state index contributed by atoms with van der Waals surface area (Å²) in [4.78, 5) is 0. The van der Waals surface area contributed by atoms with E-state index in [0.717, 1.165) is 5.75 Å². The smallest absolute Gasteiger partial charge is 0.0439 e. The fourth-order valence-corrected chi connectivity index (χ4v) is 3.30. The second-order valence-electron chi connectivity index (χ2n) is 4.55. The monoisotopic (exact) mass is 253 g/mol. The molecule has 96 valence electrons. The molecule has 0 bridgehead atoms. The van der Waals surface area contributed by atoms with E-state index in [1.165, 1.54) is 22.3 Å². The first-order valence-corrected chi connectivity index (χ1v) is 7.58. The third-order valence-electron chi connectivity index (χ3n) is 3.11. The van der Waals surface area contributed by atoms with Crippen molar-refractivity contribution >= 4 is 10.8 Å². The van der Waals surface area contributed by atoms with Crippen LogP contribution in [0.2, 0.25) is 0 Å². The van der Waals surface area contributed by atoms with Crippen molar-refractivity contribution in [2.24, 2.45) is 0 Å². The number of aryl methyl sites for hydroxylation is 3. The summed E-state index contributed by atoms with van der Waals surface area (Å²) >= 11 is 0. The fraction of sp³-hybridized carbons (Fsp3) is 0.571. The molecule has 0 aromatic heterocycles. The van der Waals surface area contributed by atoms with E-state index in [1.807, 2.05) is 14.0 Å². The van der Waals surface area contributed by atoms with Gasteiger partial charge in [0.2, 0.25) is 0 Å². The van der Waals surface area contributed by atoms with Crippen LogP contribution >= 0.6 is 0 Å². The molecule has 0 heterocycles. The number of nitrogens with one attached hydrogen (secondary N) is 1. The largest absolute Gasteiger partial charge is 0.312 e. The summed E-state index contributed by atoms with van der Waals surface area (Å²) in [7, 11) is 1.20. The first-order valence-electron chi connectivity index (χ1n) is 6.09. The van der Waals surface area contributed by atoms with Gasteiger partial charge in [-0.3, -0.25) is 4.21 Å². The van der Waals surface area contributed by atoms with E-state index in [-0.39, 0.29) is 6.04 Å². The molecule has 0 saturated carbocycles. The molecule has 0 aliphatic carbocycles. The van der Waals surface area contributed by atoms with Crippen LogP contribution in [0.25, 0.3) is 0 Å². The quantitative estimate of drug-likeness (QED) is 0.874. The van der Waals surface area contributed by atoms with Gasteiger partial charge in [-0.15, -0.1) is 0 Å². The Morgan fingerprint density at radius 3 is 2.18 bits per heavy atom. The maximum Gasteiger partial charge on any atom is 0.0439 e. The Hall–Kier alpha value is -0.670. The molecule has 0 fully saturated rings. The molecule has 0 radical (unpaired) electrons. The van der Waals surface area contributed by atoms with Crippen LogP contribution in [0.4, 0.5) is 0 Å². The highest BCUT2D eigenvalue weighted by atomic mass is 32.2. The van der Waals surface area contributed by atoms with Crippen molar-refractivity contribution in [2.75, 3.05) is 18.6 Å². The number of hydrogen-bond donors (Lipinski definition) is 1. The van der Waals surface area contributed by atoms with E-state index in [0.29, 0.717) is 5.75 Å². The number of benzene rings is 1. The van der Waals surface area contributed by atoms with Gasteiger partial charge in [-0.25, -0.2) is 0 Å². The Balaban J connectivity index is 3.07. The second-order valence-corrected chi connectivity index (χ2v) is 6.34. The lowest BCUT2D eigenvalue weighted by atomic mass is 9.95. The third kappa shape index (κ3) is 3.65. The predicted octanol–water partition coefficient (Wildman–Crippen LogP) is 2.64. The first kappa shape index (κ1) is 14.4. The van der Waals surface area contributed by atoms with E-state index >= 15 is 0 Å². The molecule has 1 aromatic carbocycles. The summed E-state index contributed by atoms with van der Waals surface area (Å²) in [5.41, 5.74) is 5.17. The SMILES string of the molecule is CCS(=O)CC(NC)c1c(C)cc(C)cc1C. The molecular formula is C14H23NOS. The Bertz CT molecular complexity index is 392. The van der Waals surface area contributed by atoms with Crippen molar-refractivity contribution in [1.82, 2.24) is 5.32 Å². The van der Waals surface area contributed by atoms with Gasteiger partial charge in [0.05, 0.1) is 0 Å². The van der Waals surface area contributed by atoms with Crippen LogP contribution in [0.15, 0.2) is 12.1 Å². The van der Waals surface area contributed by atoms with Gasteiger partial charge in [0.15, 0.2) is 0 Å². The minimum atomic E-state index is -0.742. The maximum atomic E-state index is 11.7. The van der Waals surface area contributed by atoms with Crippen LogP contribution in [0.5, 0.6) is 0 Å². The van der Waals surface area contributed by atoms with Gasteiger partial charge in [-0.2, -0.15) is 0 Å². The molecule has 17 heavy (non-hydrogen) atoms. The average molecular weight is 253 g/mol. The summed E-state index contributed by atoms with van der Waals surface area (Å²) in [6.45, 7) is 8.35. The zero-order chi connectivity index (χ0) is 13.0. The molecule has 2 atom stereocenters. The lowest BCUT2D eigenvalue weighted by Crippen LogP contribution is -2.25. The van der Waals surface area contributed by atoms with Crippen LogP contribution in [-0.2, 0) is 10.8 Å². The molecule has 1 N–H and O–H groups in total. The topological polar surface area (TPSA) is 29.1 Å². The predicted molar refractivity (Wildman–Crippen MR) is 76.0 cm³/mol. The molecule has 0 spiro atoms. The molecule has 2 unspecified atom stereocenters. The highest BCUT2D eigenvalue weighted by Crippen LogP contribution is 2.24. The van der Waals surface area contributed by atoms with Crippen molar-refractivity contribution in [1.29, 1.82) is 0 Å². The Kier molecular flexibility index (Phi) is 5.34. The zero-order valence-electron chi connectivity index (χ0n) is 11.5. The molecule has 2 nitrogen and oxygen atoms in total. The summed E-state index contributed by atoms with van der Waals surface area (Å²) in [6.07, 6.45) is 0. The Morgan fingerprint density at radius 1 is 1.24 bits per heavy atom. The normalized spacial score (nSPS) is 14.6. The standard InChI is InChI=1S/C14H23NOS/c1-6-17(16)9-13(15-5)14-11(3)7-10(2)8-12(14)4/h7-8,13,15H,6,9H2,1-5H3. The fourth-order valence-electron chi connectivity index (χ4n) is 2.36. The van der Waals surface area contributed by atoms with Crippen LogP contribution in [-0.4, -0.2) is 22.8 Å². The summed E-state index contributed by atoms with van der Waals surface area (Å²) in [6, 6.07) is 4.58. The molecule has 1 aromatic rings. The summed E-state index contributed by atoms with van der Waals surface area (Å²) in [5.74, 6) is 1.42. The number of hydrogen-bond acceptors (Lipinski definition) is 2. The molecule has 0 aliphatic heterocycles. The van der Waals surface area contributed by atoms with E-state index in [9.17, 15) is 4.21 Å². The van der Waals surface area contributed by atoms with Crippen molar-refractivity contribution in [3.8, 4) is 0 Å². The summed E-state index contributed by atoms with van der Waals surface area (Å²) in [5, 5.41) is 3.29. The molecule has 0 aliphatic rings. The van der Waals surface area contributed by atoms with Crippen molar-refractivity contribution in [2.45, 2.75) is 33.7 Å². The van der Waals surface area contributed by atoms with Crippen molar-refractivity contribution in [3.05, 3.63) is 34.4 Å². The van der Waals surface area contributed by atoms with E-state index in [2.05, 4.69) is 38.2 Å². The first-order chi connectivity index (χ1) is 7.99.